The van der Waals surface area contributed by atoms with Crippen LogP contribution in [0, 0.1) is 11.3 Å². The Labute approximate surface area is 200 Å². The van der Waals surface area contributed by atoms with Gasteiger partial charge in [0, 0.05) is 36.5 Å². The topological polar surface area (TPSA) is 85.2 Å². The first-order chi connectivity index (χ1) is 16.1. The third-order valence-electron chi connectivity index (χ3n) is 7.84. The van der Waals surface area contributed by atoms with E-state index in [1.54, 1.807) is 17.7 Å². The normalized spacial score (nSPS) is 24.9. The molecule has 1 amide bonds. The van der Waals surface area contributed by atoms with Gasteiger partial charge in [0.05, 0.1) is 18.0 Å². The maximum Gasteiger partial charge on any atom is 0.236 e. The van der Waals surface area contributed by atoms with Crippen molar-refractivity contribution in [3.05, 3.63) is 16.8 Å². The molecule has 1 atom stereocenters. The molecule has 5 rings (SSSR count). The van der Waals surface area contributed by atoms with Gasteiger partial charge in [-0.15, -0.1) is 11.3 Å². The van der Waals surface area contributed by atoms with Gasteiger partial charge in [-0.25, -0.2) is 9.97 Å². The lowest BCUT2D eigenvalue weighted by atomic mass is 9.90. The quantitative estimate of drug-likeness (QED) is 0.655. The summed E-state index contributed by atoms with van der Waals surface area (Å²) in [5, 5.41) is 14.0. The zero-order chi connectivity index (χ0) is 22.8. The van der Waals surface area contributed by atoms with Crippen LogP contribution in [-0.2, 0) is 11.2 Å². The van der Waals surface area contributed by atoms with Crippen LogP contribution < -0.4 is 5.32 Å². The van der Waals surface area contributed by atoms with E-state index in [1.807, 2.05) is 4.90 Å². The fourth-order valence-electron chi connectivity index (χ4n) is 5.97. The highest BCUT2D eigenvalue weighted by Crippen LogP contribution is 2.47. The number of aryl methyl sites for hydroxylation is 1. The number of hydrogen-bond donors (Lipinski definition) is 1. The molecular formula is C25H34N6OS. The molecule has 2 aliphatic carbocycles. The van der Waals surface area contributed by atoms with E-state index in [9.17, 15) is 4.79 Å². The summed E-state index contributed by atoms with van der Waals surface area (Å²) in [6.45, 7) is 2.40. The van der Waals surface area contributed by atoms with Gasteiger partial charge in [0.1, 0.15) is 17.0 Å². The minimum Gasteiger partial charge on any atom is -0.367 e. The number of aromatic nitrogens is 2. The molecule has 3 heterocycles. The van der Waals surface area contributed by atoms with Crippen molar-refractivity contribution in [2.75, 3.05) is 32.0 Å². The van der Waals surface area contributed by atoms with Crippen LogP contribution in [0.4, 0.5) is 5.82 Å². The maximum absolute atomic E-state index is 12.5. The van der Waals surface area contributed by atoms with Crippen molar-refractivity contribution in [3.63, 3.8) is 0 Å². The maximum atomic E-state index is 12.5. The number of carbonyl (C=O) groups is 1. The van der Waals surface area contributed by atoms with Crippen LogP contribution in [0.15, 0.2) is 6.33 Å². The highest BCUT2D eigenvalue weighted by Gasteiger charge is 2.31. The minimum atomic E-state index is 0.288. The monoisotopic (exact) mass is 466 g/mol. The second-order valence-electron chi connectivity index (χ2n) is 9.93. The summed E-state index contributed by atoms with van der Waals surface area (Å²) in [6.07, 6.45) is 12.1. The molecule has 8 heteroatoms. The molecule has 2 aromatic rings. The Morgan fingerprint density at radius 1 is 1.24 bits per heavy atom. The molecule has 0 aromatic carbocycles. The Balaban J connectivity index is 1.22. The first-order valence-corrected chi connectivity index (χ1v) is 13.3. The number of rotatable bonds is 7. The number of anilines is 1. The molecule has 2 aromatic heterocycles. The van der Waals surface area contributed by atoms with Gasteiger partial charge in [0.15, 0.2) is 0 Å². The molecule has 0 bridgehead atoms. The van der Waals surface area contributed by atoms with E-state index in [4.69, 9.17) is 5.26 Å². The number of nitriles is 1. The molecule has 0 unspecified atom stereocenters. The summed E-state index contributed by atoms with van der Waals surface area (Å²) < 4.78 is 0. The second kappa shape index (κ2) is 9.94. The van der Waals surface area contributed by atoms with Crippen molar-refractivity contribution in [3.8, 4) is 6.07 Å². The average molecular weight is 467 g/mol. The van der Waals surface area contributed by atoms with Crippen molar-refractivity contribution in [1.82, 2.24) is 19.8 Å². The first-order valence-electron chi connectivity index (χ1n) is 12.5. The smallest absolute Gasteiger partial charge is 0.236 e. The molecule has 1 aliphatic heterocycles. The molecule has 1 N–H and O–H groups in total. The molecule has 3 aliphatic rings. The van der Waals surface area contributed by atoms with Crippen molar-refractivity contribution >= 4 is 33.3 Å². The Bertz CT molecular complexity index is 1030. The van der Waals surface area contributed by atoms with Crippen LogP contribution in [0.3, 0.4) is 0 Å². The van der Waals surface area contributed by atoms with Crippen molar-refractivity contribution in [2.24, 2.45) is 0 Å². The minimum absolute atomic E-state index is 0.288. The summed E-state index contributed by atoms with van der Waals surface area (Å²) in [5.74, 6) is 1.72. The molecule has 7 nitrogen and oxygen atoms in total. The predicted octanol–water partition coefficient (Wildman–Crippen LogP) is 4.30. The molecule has 0 radical (unpaired) electrons. The van der Waals surface area contributed by atoms with E-state index >= 15 is 0 Å². The lowest BCUT2D eigenvalue weighted by Crippen LogP contribution is -2.44. The summed E-state index contributed by atoms with van der Waals surface area (Å²) in [5.41, 5.74) is 1.40. The zero-order valence-corrected chi connectivity index (χ0v) is 20.4. The van der Waals surface area contributed by atoms with Crippen LogP contribution in [-0.4, -0.2) is 64.4 Å². The van der Waals surface area contributed by atoms with E-state index < -0.39 is 0 Å². The Kier molecular flexibility index (Phi) is 6.79. The lowest BCUT2D eigenvalue weighted by molar-refractivity contribution is -0.131. The van der Waals surface area contributed by atoms with Crippen LogP contribution in [0.2, 0.25) is 0 Å². The number of nitrogens with zero attached hydrogens (tertiary/aromatic N) is 5. The molecule has 33 heavy (non-hydrogen) atoms. The number of hydrogen-bond acceptors (Lipinski definition) is 7. The molecular weight excluding hydrogens is 432 g/mol. The van der Waals surface area contributed by atoms with Gasteiger partial charge >= 0.3 is 0 Å². The van der Waals surface area contributed by atoms with E-state index in [1.165, 1.54) is 15.8 Å². The number of likely N-dealkylation sites (tertiary alicyclic amines) is 1. The van der Waals surface area contributed by atoms with Crippen LogP contribution in [0.1, 0.15) is 74.1 Å². The Morgan fingerprint density at radius 3 is 2.79 bits per heavy atom. The molecule has 2 fully saturated rings. The summed E-state index contributed by atoms with van der Waals surface area (Å²) in [4.78, 5) is 28.6. The van der Waals surface area contributed by atoms with E-state index in [0.717, 1.165) is 81.5 Å². The fourth-order valence-corrected chi connectivity index (χ4v) is 7.21. The highest BCUT2D eigenvalue weighted by atomic mass is 32.1. The van der Waals surface area contributed by atoms with E-state index in [-0.39, 0.29) is 5.91 Å². The lowest BCUT2D eigenvalue weighted by Gasteiger charge is -2.35. The highest BCUT2D eigenvalue weighted by molar-refractivity contribution is 7.19. The number of amides is 1. The number of nitrogens with one attached hydrogen (secondary N) is 1. The van der Waals surface area contributed by atoms with Gasteiger partial charge in [-0.3, -0.25) is 9.69 Å². The largest absolute Gasteiger partial charge is 0.367 e. The molecule has 176 valence electrons. The third-order valence-corrected chi connectivity index (χ3v) is 9.01. The molecule has 1 saturated carbocycles. The molecule has 1 saturated heterocycles. The van der Waals surface area contributed by atoms with Gasteiger partial charge in [-0.2, -0.15) is 5.26 Å². The van der Waals surface area contributed by atoms with Gasteiger partial charge in [-0.1, -0.05) is 0 Å². The summed E-state index contributed by atoms with van der Waals surface area (Å²) in [6, 6.07) is 3.19. The van der Waals surface area contributed by atoms with Crippen molar-refractivity contribution in [2.45, 2.75) is 82.2 Å². The average Bonchev–Trinajstić information content (AvgIpc) is 3.56. The van der Waals surface area contributed by atoms with Crippen molar-refractivity contribution in [1.29, 1.82) is 5.26 Å². The number of likely N-dealkylation sites (N-methyl/N-ethyl adjacent to an activating group) is 1. The first kappa shape index (κ1) is 22.5. The van der Waals surface area contributed by atoms with Crippen LogP contribution >= 0.6 is 11.3 Å². The van der Waals surface area contributed by atoms with Crippen LogP contribution in [0.5, 0.6) is 0 Å². The van der Waals surface area contributed by atoms with Gasteiger partial charge in [-0.05, 0) is 76.3 Å². The van der Waals surface area contributed by atoms with Gasteiger partial charge in [0.2, 0.25) is 5.91 Å². The summed E-state index contributed by atoms with van der Waals surface area (Å²) >= 11 is 1.80. The third kappa shape index (κ3) is 4.71. The SMILES string of the molecule is CN(CC(=O)N1CCCC1)C1CCC(Nc2ncnc3sc4c(c23)[C@@H](CCC#N)CC4)CC1. The van der Waals surface area contributed by atoms with Crippen LogP contribution in [0.25, 0.3) is 10.2 Å². The Hall–Kier alpha value is -2.24. The van der Waals surface area contributed by atoms with Gasteiger partial charge < -0.3 is 10.2 Å². The van der Waals surface area contributed by atoms with Gasteiger partial charge in [0.25, 0.3) is 0 Å². The van der Waals surface area contributed by atoms with E-state index in [2.05, 4.69) is 33.3 Å². The number of thiophene rings is 1. The standard InChI is InChI=1S/C25H34N6OS/c1-30(15-21(32)31-13-2-3-14-31)19-9-7-18(8-10-19)29-24-23-22-17(5-4-12-26)6-11-20(22)33-25(23)28-16-27-24/h16-19H,2-11,13-15H2,1H3,(H,27,28,29)/t17-,18?,19?/m0/s1. The fraction of sp³-hybridized carbons (Fsp3) is 0.680. The predicted molar refractivity (Wildman–Crippen MR) is 131 cm³/mol. The Morgan fingerprint density at radius 2 is 2.03 bits per heavy atom. The number of fused-ring (bicyclic) bond motifs is 3. The zero-order valence-electron chi connectivity index (χ0n) is 19.6. The second-order valence-corrected chi connectivity index (χ2v) is 11.0. The van der Waals surface area contributed by atoms with E-state index in [0.29, 0.717) is 31.0 Å². The van der Waals surface area contributed by atoms with Crippen molar-refractivity contribution < 1.29 is 4.79 Å². The molecule has 0 spiro atoms. The number of carbonyl (C=O) groups excluding carboxylic acids is 1. The summed E-state index contributed by atoms with van der Waals surface area (Å²) in [7, 11) is 2.11.